The van der Waals surface area contributed by atoms with E-state index in [0.29, 0.717) is 18.8 Å². The summed E-state index contributed by atoms with van der Waals surface area (Å²) < 4.78 is 0. The minimum atomic E-state index is -0.0604. The summed E-state index contributed by atoms with van der Waals surface area (Å²) in [7, 11) is 1.91. The van der Waals surface area contributed by atoms with Crippen LogP contribution in [0.5, 0.6) is 0 Å². The van der Waals surface area contributed by atoms with Crippen LogP contribution in [0.25, 0.3) is 0 Å². The molecule has 0 bridgehead atoms. The lowest BCUT2D eigenvalue weighted by molar-refractivity contribution is -0.117. The van der Waals surface area contributed by atoms with Gasteiger partial charge in [0.05, 0.1) is 6.54 Å². The monoisotopic (exact) mass is 284 g/mol. The van der Waals surface area contributed by atoms with Crippen LogP contribution in [-0.2, 0) is 11.3 Å². The molecule has 110 valence electrons. The molecule has 0 aliphatic carbocycles. The smallest absolute Gasteiger partial charge is 0.238 e. The summed E-state index contributed by atoms with van der Waals surface area (Å²) in [4.78, 5) is 17.9. The van der Waals surface area contributed by atoms with Gasteiger partial charge in [-0.05, 0) is 49.4 Å². The third kappa shape index (κ3) is 4.57. The molecule has 5 nitrogen and oxygen atoms in total. The number of nitrogens with two attached hydrogens (primary N) is 1. The highest BCUT2D eigenvalue weighted by molar-refractivity contribution is 5.92. The molecule has 1 heterocycles. The summed E-state index contributed by atoms with van der Waals surface area (Å²) in [6.07, 6.45) is 3.50. The maximum atomic E-state index is 12.0. The van der Waals surface area contributed by atoms with Crippen molar-refractivity contribution in [2.45, 2.75) is 13.5 Å². The van der Waals surface area contributed by atoms with Gasteiger partial charge in [-0.25, -0.2) is 0 Å². The van der Waals surface area contributed by atoms with Gasteiger partial charge in [0, 0.05) is 30.3 Å². The van der Waals surface area contributed by atoms with Gasteiger partial charge >= 0.3 is 0 Å². The average Bonchev–Trinajstić information content (AvgIpc) is 2.43. The zero-order valence-electron chi connectivity index (χ0n) is 12.3. The van der Waals surface area contributed by atoms with Gasteiger partial charge in [0.1, 0.15) is 0 Å². The van der Waals surface area contributed by atoms with E-state index in [1.807, 2.05) is 43.1 Å². The fraction of sp³-hybridized carbons (Fsp3) is 0.250. The number of amides is 1. The highest BCUT2D eigenvalue weighted by Gasteiger charge is 2.08. The Hall–Kier alpha value is -2.40. The number of nitrogen functional groups attached to an aromatic ring is 1. The highest BCUT2D eigenvalue weighted by Crippen LogP contribution is 2.16. The van der Waals surface area contributed by atoms with E-state index in [0.717, 1.165) is 16.8 Å². The van der Waals surface area contributed by atoms with Crippen molar-refractivity contribution < 1.29 is 4.79 Å². The molecule has 5 heteroatoms. The largest absolute Gasteiger partial charge is 0.398 e. The van der Waals surface area contributed by atoms with Crippen molar-refractivity contribution in [3.05, 3.63) is 53.9 Å². The second kappa shape index (κ2) is 6.85. The number of benzene rings is 1. The lowest BCUT2D eigenvalue weighted by atomic mass is 10.2. The van der Waals surface area contributed by atoms with Crippen LogP contribution in [0, 0.1) is 6.92 Å². The van der Waals surface area contributed by atoms with Crippen LogP contribution >= 0.6 is 0 Å². The molecule has 0 fully saturated rings. The van der Waals surface area contributed by atoms with E-state index in [1.54, 1.807) is 18.5 Å². The van der Waals surface area contributed by atoms with Gasteiger partial charge in [0.25, 0.3) is 0 Å². The Morgan fingerprint density at radius 2 is 2.00 bits per heavy atom. The molecule has 0 unspecified atom stereocenters. The quantitative estimate of drug-likeness (QED) is 0.824. The number of anilines is 2. The molecule has 0 saturated heterocycles. The summed E-state index contributed by atoms with van der Waals surface area (Å²) in [5.74, 6) is -0.0604. The van der Waals surface area contributed by atoms with E-state index in [1.165, 1.54) is 0 Å². The summed E-state index contributed by atoms with van der Waals surface area (Å²) in [6.45, 7) is 2.95. The first kappa shape index (κ1) is 15.0. The van der Waals surface area contributed by atoms with Crippen molar-refractivity contribution >= 4 is 17.3 Å². The first-order valence-corrected chi connectivity index (χ1v) is 6.78. The number of hydrogen-bond acceptors (Lipinski definition) is 4. The summed E-state index contributed by atoms with van der Waals surface area (Å²) >= 11 is 0. The van der Waals surface area contributed by atoms with E-state index >= 15 is 0 Å². The van der Waals surface area contributed by atoms with Gasteiger partial charge in [-0.2, -0.15) is 0 Å². The first-order chi connectivity index (χ1) is 10.0. The standard InChI is InChI=1S/C16H20N4O/c1-12-3-4-14(9-15(12)17)19-16(21)11-20(2)10-13-5-7-18-8-6-13/h3-9H,10-11,17H2,1-2H3,(H,19,21). The predicted octanol–water partition coefficient (Wildman–Crippen LogP) is 2.04. The van der Waals surface area contributed by atoms with Crippen LogP contribution in [0.3, 0.4) is 0 Å². The van der Waals surface area contributed by atoms with Crippen LogP contribution in [0.4, 0.5) is 11.4 Å². The molecule has 2 rings (SSSR count). The fourth-order valence-electron chi connectivity index (χ4n) is 2.02. The molecule has 0 saturated carbocycles. The predicted molar refractivity (Wildman–Crippen MR) is 84.8 cm³/mol. The van der Waals surface area contributed by atoms with Crippen molar-refractivity contribution in [2.75, 3.05) is 24.6 Å². The summed E-state index contributed by atoms with van der Waals surface area (Å²) in [5.41, 5.74) is 9.36. The fourth-order valence-corrected chi connectivity index (χ4v) is 2.02. The molecule has 3 N–H and O–H groups in total. The molecular weight excluding hydrogens is 264 g/mol. The molecule has 0 aliphatic rings. The number of aromatic nitrogens is 1. The van der Waals surface area contributed by atoms with Crippen molar-refractivity contribution in [2.24, 2.45) is 0 Å². The van der Waals surface area contributed by atoms with Gasteiger partial charge < -0.3 is 11.1 Å². The number of carbonyl (C=O) groups is 1. The Kier molecular flexibility index (Phi) is 4.90. The second-order valence-electron chi connectivity index (χ2n) is 5.15. The van der Waals surface area contributed by atoms with E-state index < -0.39 is 0 Å². The maximum Gasteiger partial charge on any atom is 0.238 e. The van der Waals surface area contributed by atoms with Crippen molar-refractivity contribution in [3.8, 4) is 0 Å². The number of nitrogens with one attached hydrogen (secondary N) is 1. The molecule has 1 aromatic heterocycles. The Balaban J connectivity index is 1.87. The van der Waals surface area contributed by atoms with Crippen LogP contribution in [0.2, 0.25) is 0 Å². The molecule has 0 atom stereocenters. The second-order valence-corrected chi connectivity index (χ2v) is 5.15. The van der Waals surface area contributed by atoms with Crippen LogP contribution < -0.4 is 11.1 Å². The molecule has 2 aromatic rings. The number of nitrogens with zero attached hydrogens (tertiary/aromatic N) is 2. The third-order valence-corrected chi connectivity index (χ3v) is 3.18. The van der Waals surface area contributed by atoms with Crippen LogP contribution in [0.1, 0.15) is 11.1 Å². The maximum absolute atomic E-state index is 12.0. The molecule has 21 heavy (non-hydrogen) atoms. The van der Waals surface area contributed by atoms with E-state index in [2.05, 4.69) is 10.3 Å². The van der Waals surface area contributed by atoms with E-state index in [-0.39, 0.29) is 5.91 Å². The lowest BCUT2D eigenvalue weighted by Crippen LogP contribution is -2.29. The Labute approximate surface area is 124 Å². The zero-order valence-corrected chi connectivity index (χ0v) is 12.3. The topological polar surface area (TPSA) is 71.2 Å². The van der Waals surface area contributed by atoms with Crippen molar-refractivity contribution in [3.63, 3.8) is 0 Å². The Morgan fingerprint density at radius 3 is 2.67 bits per heavy atom. The summed E-state index contributed by atoms with van der Waals surface area (Å²) in [5, 5.41) is 2.85. The van der Waals surface area contributed by atoms with Gasteiger partial charge in [-0.1, -0.05) is 6.07 Å². The van der Waals surface area contributed by atoms with Gasteiger partial charge in [-0.3, -0.25) is 14.7 Å². The molecule has 1 amide bonds. The van der Waals surface area contributed by atoms with Crippen molar-refractivity contribution in [1.82, 2.24) is 9.88 Å². The minimum Gasteiger partial charge on any atom is -0.398 e. The number of hydrogen-bond donors (Lipinski definition) is 2. The van der Waals surface area contributed by atoms with Gasteiger partial charge in [0.15, 0.2) is 0 Å². The van der Waals surface area contributed by atoms with E-state index in [4.69, 9.17) is 5.73 Å². The number of rotatable bonds is 5. The molecule has 1 aromatic carbocycles. The highest BCUT2D eigenvalue weighted by atomic mass is 16.2. The van der Waals surface area contributed by atoms with E-state index in [9.17, 15) is 4.79 Å². The normalized spacial score (nSPS) is 10.6. The molecule has 0 aliphatic heterocycles. The molecule has 0 radical (unpaired) electrons. The molecule has 0 spiro atoms. The zero-order chi connectivity index (χ0) is 15.2. The number of carbonyl (C=O) groups excluding carboxylic acids is 1. The Bertz CT molecular complexity index is 613. The minimum absolute atomic E-state index is 0.0604. The number of pyridine rings is 1. The first-order valence-electron chi connectivity index (χ1n) is 6.78. The van der Waals surface area contributed by atoms with Crippen molar-refractivity contribution in [1.29, 1.82) is 0 Å². The van der Waals surface area contributed by atoms with Crippen LogP contribution in [0.15, 0.2) is 42.7 Å². The third-order valence-electron chi connectivity index (χ3n) is 3.18. The SMILES string of the molecule is Cc1ccc(NC(=O)CN(C)Cc2ccncc2)cc1N. The van der Waals surface area contributed by atoms with Crippen LogP contribution in [-0.4, -0.2) is 29.4 Å². The Morgan fingerprint density at radius 1 is 1.29 bits per heavy atom. The average molecular weight is 284 g/mol. The number of aryl methyl sites for hydroxylation is 1. The van der Waals surface area contributed by atoms with Gasteiger partial charge in [-0.15, -0.1) is 0 Å². The van der Waals surface area contributed by atoms with Gasteiger partial charge in [0.2, 0.25) is 5.91 Å². The number of likely N-dealkylation sites (N-methyl/N-ethyl adjacent to an activating group) is 1. The summed E-state index contributed by atoms with van der Waals surface area (Å²) in [6, 6.07) is 9.40. The molecular formula is C16H20N4O. The lowest BCUT2D eigenvalue weighted by Gasteiger charge is -2.16.